The summed E-state index contributed by atoms with van der Waals surface area (Å²) < 4.78 is 1.91. The molecule has 2 aromatic heterocycles. The molecule has 1 unspecified atom stereocenters. The van der Waals surface area contributed by atoms with Crippen LogP contribution in [0.5, 0.6) is 0 Å². The van der Waals surface area contributed by atoms with Crippen molar-refractivity contribution in [2.75, 3.05) is 0 Å². The number of aryl methyl sites for hydroxylation is 1. The first-order chi connectivity index (χ1) is 7.56. The summed E-state index contributed by atoms with van der Waals surface area (Å²) in [5, 5.41) is 21.5. The van der Waals surface area contributed by atoms with E-state index < -0.39 is 6.10 Å². The number of rotatable bonds is 3. The Morgan fingerprint density at radius 3 is 2.81 bits per heavy atom. The summed E-state index contributed by atoms with van der Waals surface area (Å²) in [6.07, 6.45) is -0.232. The zero-order valence-electron chi connectivity index (χ0n) is 8.26. The average Bonchev–Trinajstić information content (AvgIpc) is 2.75. The summed E-state index contributed by atoms with van der Waals surface area (Å²) in [5.41, 5.74) is 0. The summed E-state index contributed by atoms with van der Waals surface area (Å²) in [6, 6.07) is 1.88. The van der Waals surface area contributed by atoms with E-state index in [1.807, 2.05) is 6.07 Å². The third kappa shape index (κ3) is 2.68. The van der Waals surface area contributed by atoms with Crippen LogP contribution < -0.4 is 0 Å². The Hall–Kier alpha value is -0.310. The highest BCUT2D eigenvalue weighted by atomic mass is 79.9. The van der Waals surface area contributed by atoms with Crippen molar-refractivity contribution >= 4 is 43.2 Å². The Kier molecular flexibility index (Phi) is 3.73. The van der Waals surface area contributed by atoms with E-state index in [1.165, 1.54) is 16.1 Å². The monoisotopic (exact) mass is 366 g/mol. The molecule has 86 valence electrons. The van der Waals surface area contributed by atoms with Gasteiger partial charge in [-0.25, -0.2) is 0 Å². The van der Waals surface area contributed by atoms with E-state index in [4.69, 9.17) is 0 Å². The molecule has 0 amide bonds. The van der Waals surface area contributed by atoms with Crippen molar-refractivity contribution in [3.8, 4) is 0 Å². The highest BCUT2D eigenvalue weighted by Crippen LogP contribution is 2.36. The minimum atomic E-state index is -0.600. The Morgan fingerprint density at radius 2 is 2.31 bits per heavy atom. The van der Waals surface area contributed by atoms with Gasteiger partial charge >= 0.3 is 0 Å². The van der Waals surface area contributed by atoms with Crippen molar-refractivity contribution in [2.45, 2.75) is 12.5 Å². The molecule has 16 heavy (non-hydrogen) atoms. The fourth-order valence-corrected chi connectivity index (χ4v) is 3.28. The van der Waals surface area contributed by atoms with Gasteiger partial charge in [-0.1, -0.05) is 0 Å². The number of aliphatic hydroxyl groups is 1. The molecule has 0 saturated heterocycles. The molecule has 1 atom stereocenters. The summed E-state index contributed by atoms with van der Waals surface area (Å²) in [5.74, 6) is 0.538. The number of hydrogen-bond acceptors (Lipinski definition) is 5. The molecule has 5 nitrogen and oxygen atoms in total. The van der Waals surface area contributed by atoms with Crippen LogP contribution in [0.15, 0.2) is 14.3 Å². The predicted octanol–water partition coefficient (Wildman–Crippen LogP) is 2.07. The van der Waals surface area contributed by atoms with Gasteiger partial charge in [0.15, 0.2) is 5.82 Å². The van der Waals surface area contributed by atoms with Crippen molar-refractivity contribution in [3.63, 3.8) is 0 Å². The quantitative estimate of drug-likeness (QED) is 0.901. The lowest BCUT2D eigenvalue weighted by atomic mass is 10.2. The van der Waals surface area contributed by atoms with E-state index in [9.17, 15) is 5.11 Å². The smallest absolute Gasteiger partial charge is 0.177 e. The maximum Gasteiger partial charge on any atom is 0.177 e. The zero-order valence-corrected chi connectivity index (χ0v) is 12.3. The predicted molar refractivity (Wildman–Crippen MR) is 67.2 cm³/mol. The van der Waals surface area contributed by atoms with Gasteiger partial charge in [0.25, 0.3) is 0 Å². The average molecular weight is 368 g/mol. The molecule has 0 bridgehead atoms. The Bertz CT molecular complexity index is 478. The number of aliphatic hydroxyl groups excluding tert-OH is 1. The molecule has 2 heterocycles. The lowest BCUT2D eigenvalue weighted by molar-refractivity contribution is 0.179. The molecule has 2 aromatic rings. The second-order valence-electron chi connectivity index (χ2n) is 3.19. The minimum Gasteiger partial charge on any atom is -0.387 e. The van der Waals surface area contributed by atoms with Crippen LogP contribution in [-0.2, 0) is 13.5 Å². The molecule has 1 N–H and O–H groups in total. The van der Waals surface area contributed by atoms with Crippen molar-refractivity contribution < 1.29 is 5.11 Å². The first-order valence-corrected chi connectivity index (χ1v) is 6.82. The van der Waals surface area contributed by atoms with E-state index >= 15 is 0 Å². The van der Waals surface area contributed by atoms with Crippen molar-refractivity contribution in [2.24, 2.45) is 7.05 Å². The molecule has 0 aliphatic heterocycles. The number of hydrogen-bond donors (Lipinski definition) is 1. The fourth-order valence-electron chi connectivity index (χ4n) is 1.21. The molecule has 0 aromatic carbocycles. The first-order valence-electron chi connectivity index (χ1n) is 4.42. The molecule has 0 aliphatic carbocycles. The van der Waals surface area contributed by atoms with Crippen LogP contribution in [-0.4, -0.2) is 25.3 Å². The Labute approximate surface area is 113 Å². The number of nitrogens with zero attached hydrogens (tertiary/aromatic N) is 4. The highest BCUT2D eigenvalue weighted by Gasteiger charge is 2.16. The maximum atomic E-state index is 9.97. The van der Waals surface area contributed by atoms with E-state index in [0.717, 1.165) is 13.1 Å². The zero-order chi connectivity index (χ0) is 11.7. The van der Waals surface area contributed by atoms with Crippen molar-refractivity contribution in [1.29, 1.82) is 0 Å². The van der Waals surface area contributed by atoms with Crippen LogP contribution in [0, 0.1) is 0 Å². The second kappa shape index (κ2) is 4.91. The Morgan fingerprint density at radius 1 is 1.56 bits per heavy atom. The molecule has 0 radical (unpaired) electrons. The van der Waals surface area contributed by atoms with Gasteiger partial charge in [0.1, 0.15) is 0 Å². The number of tetrazole rings is 1. The summed E-state index contributed by atoms with van der Waals surface area (Å²) in [6.45, 7) is 0. The van der Waals surface area contributed by atoms with Gasteiger partial charge in [0, 0.05) is 15.8 Å². The van der Waals surface area contributed by atoms with Crippen LogP contribution in [0.25, 0.3) is 0 Å². The number of halogens is 2. The van der Waals surface area contributed by atoms with Crippen LogP contribution in [0.4, 0.5) is 0 Å². The number of thiophene rings is 1. The number of aromatic nitrogens is 4. The lowest BCUT2D eigenvalue weighted by Gasteiger charge is -2.03. The van der Waals surface area contributed by atoms with E-state index in [0.29, 0.717) is 12.2 Å². The molecule has 0 saturated carbocycles. The molecule has 0 spiro atoms. The van der Waals surface area contributed by atoms with Crippen molar-refractivity contribution in [3.05, 3.63) is 25.0 Å². The topological polar surface area (TPSA) is 63.8 Å². The minimum absolute atomic E-state index is 0.368. The van der Waals surface area contributed by atoms with Crippen LogP contribution in [0.2, 0.25) is 0 Å². The SMILES string of the molecule is Cn1nnc(CC(O)c2cc(Br)c(Br)s2)n1. The lowest BCUT2D eigenvalue weighted by Crippen LogP contribution is -2.02. The van der Waals surface area contributed by atoms with E-state index in [2.05, 4.69) is 47.3 Å². The van der Waals surface area contributed by atoms with Crippen LogP contribution in [0.3, 0.4) is 0 Å². The van der Waals surface area contributed by atoms with E-state index in [-0.39, 0.29) is 0 Å². The molecule has 8 heteroatoms. The summed E-state index contributed by atoms with van der Waals surface area (Å²) in [7, 11) is 1.70. The summed E-state index contributed by atoms with van der Waals surface area (Å²) in [4.78, 5) is 2.24. The van der Waals surface area contributed by atoms with Gasteiger partial charge in [-0.05, 0) is 43.1 Å². The standard InChI is InChI=1S/C8H8Br2N4OS/c1-14-12-7(11-13-14)3-5(15)6-2-4(9)8(10)16-6/h2,5,15H,3H2,1H3. The molecule has 0 fully saturated rings. The van der Waals surface area contributed by atoms with Gasteiger partial charge in [-0.2, -0.15) is 4.80 Å². The first kappa shape index (κ1) is 12.2. The highest BCUT2D eigenvalue weighted by molar-refractivity contribution is 9.13. The molecular formula is C8H8Br2N4OS. The molecule has 0 aliphatic rings. The van der Waals surface area contributed by atoms with Crippen molar-refractivity contribution in [1.82, 2.24) is 20.2 Å². The van der Waals surface area contributed by atoms with Gasteiger partial charge in [-0.3, -0.25) is 0 Å². The summed E-state index contributed by atoms with van der Waals surface area (Å²) >= 11 is 8.25. The molecule has 2 rings (SSSR count). The van der Waals surface area contributed by atoms with Gasteiger partial charge in [0.2, 0.25) is 0 Å². The second-order valence-corrected chi connectivity index (χ2v) is 6.44. The maximum absolute atomic E-state index is 9.97. The Balaban J connectivity index is 2.11. The largest absolute Gasteiger partial charge is 0.387 e. The third-order valence-corrected chi connectivity index (χ3v) is 5.28. The van der Waals surface area contributed by atoms with Crippen LogP contribution in [0.1, 0.15) is 16.8 Å². The fraction of sp³-hybridized carbons (Fsp3) is 0.375. The normalized spacial score (nSPS) is 13.0. The molecular weight excluding hydrogens is 360 g/mol. The van der Waals surface area contributed by atoms with Gasteiger partial charge in [0.05, 0.1) is 16.9 Å². The van der Waals surface area contributed by atoms with Gasteiger partial charge < -0.3 is 5.11 Å². The third-order valence-electron chi connectivity index (χ3n) is 1.92. The van der Waals surface area contributed by atoms with E-state index in [1.54, 1.807) is 7.05 Å². The van der Waals surface area contributed by atoms with Crippen LogP contribution >= 0.6 is 43.2 Å². The van der Waals surface area contributed by atoms with Gasteiger partial charge in [-0.15, -0.1) is 21.5 Å².